The van der Waals surface area contributed by atoms with Crippen molar-refractivity contribution in [2.24, 2.45) is 0 Å². The fraction of sp³-hybridized carbons (Fsp3) is 0.400. The largest absolute Gasteiger partial charge is 0.394 e. The molecule has 1 aliphatic heterocycles. The quantitative estimate of drug-likeness (QED) is 0.828. The molecule has 0 radical (unpaired) electrons. The molecule has 0 saturated carbocycles. The second-order valence-corrected chi connectivity index (χ2v) is 4.61. The van der Waals surface area contributed by atoms with Crippen molar-refractivity contribution in [2.45, 2.75) is 25.3 Å². The van der Waals surface area contributed by atoms with Crippen molar-refractivity contribution in [3.05, 3.63) is 42.0 Å². The Morgan fingerprint density at radius 2 is 2.11 bits per heavy atom. The van der Waals surface area contributed by atoms with Crippen molar-refractivity contribution in [3.8, 4) is 0 Å². The summed E-state index contributed by atoms with van der Waals surface area (Å²) in [6, 6.07) is 9.76. The van der Waals surface area contributed by atoms with E-state index in [-0.39, 0.29) is 18.6 Å². The first kappa shape index (κ1) is 12.8. The van der Waals surface area contributed by atoms with Gasteiger partial charge in [-0.05, 0) is 30.9 Å². The molecule has 0 aromatic heterocycles. The van der Waals surface area contributed by atoms with Crippen molar-refractivity contribution in [1.29, 1.82) is 0 Å². The highest BCUT2D eigenvalue weighted by molar-refractivity contribution is 5.92. The number of rotatable bonds is 3. The molecule has 96 valence electrons. The van der Waals surface area contributed by atoms with Gasteiger partial charge in [-0.1, -0.05) is 30.3 Å². The van der Waals surface area contributed by atoms with Gasteiger partial charge in [0, 0.05) is 12.6 Å². The molecule has 1 N–H and O–H groups in total. The maximum atomic E-state index is 12.1. The van der Waals surface area contributed by atoms with Gasteiger partial charge in [0.1, 0.15) is 0 Å². The predicted molar refractivity (Wildman–Crippen MR) is 71.9 cm³/mol. The van der Waals surface area contributed by atoms with E-state index in [4.69, 9.17) is 0 Å². The maximum absolute atomic E-state index is 12.1. The summed E-state index contributed by atoms with van der Waals surface area (Å²) in [6.07, 6.45) is 6.45. The summed E-state index contributed by atoms with van der Waals surface area (Å²) in [5.41, 5.74) is 1.02. The molecule has 2 rings (SSSR count). The number of carbonyl (C=O) groups excluding carboxylic acids is 1. The Kier molecular flexibility index (Phi) is 4.53. The average molecular weight is 245 g/mol. The van der Waals surface area contributed by atoms with Gasteiger partial charge in [0.25, 0.3) is 0 Å². The maximum Gasteiger partial charge on any atom is 0.246 e. The van der Waals surface area contributed by atoms with E-state index in [0.717, 1.165) is 31.4 Å². The number of aliphatic hydroxyl groups is 1. The van der Waals surface area contributed by atoms with Crippen LogP contribution in [0.15, 0.2) is 36.4 Å². The van der Waals surface area contributed by atoms with Crippen LogP contribution in [0.4, 0.5) is 0 Å². The fourth-order valence-electron chi connectivity index (χ4n) is 2.31. The van der Waals surface area contributed by atoms with Gasteiger partial charge in [-0.15, -0.1) is 0 Å². The van der Waals surface area contributed by atoms with Crippen LogP contribution in [-0.2, 0) is 4.79 Å². The summed E-state index contributed by atoms with van der Waals surface area (Å²) < 4.78 is 0. The molecule has 1 heterocycles. The third-order valence-corrected chi connectivity index (χ3v) is 3.34. The highest BCUT2D eigenvalue weighted by Crippen LogP contribution is 2.17. The predicted octanol–water partition coefficient (Wildman–Crippen LogP) is 2.07. The van der Waals surface area contributed by atoms with E-state index in [0.29, 0.717) is 0 Å². The molecule has 1 aliphatic rings. The van der Waals surface area contributed by atoms with Crippen LogP contribution in [0.1, 0.15) is 24.8 Å². The van der Waals surface area contributed by atoms with Crippen LogP contribution >= 0.6 is 0 Å². The Morgan fingerprint density at radius 3 is 2.83 bits per heavy atom. The van der Waals surface area contributed by atoms with Crippen LogP contribution in [0.25, 0.3) is 6.08 Å². The Morgan fingerprint density at radius 1 is 1.33 bits per heavy atom. The first-order valence-corrected chi connectivity index (χ1v) is 6.46. The molecule has 3 nitrogen and oxygen atoms in total. The third-order valence-electron chi connectivity index (χ3n) is 3.34. The van der Waals surface area contributed by atoms with Crippen LogP contribution in [0.5, 0.6) is 0 Å². The fourth-order valence-corrected chi connectivity index (χ4v) is 2.31. The van der Waals surface area contributed by atoms with Crippen LogP contribution in [-0.4, -0.2) is 35.1 Å². The molecule has 0 bridgehead atoms. The van der Waals surface area contributed by atoms with Crippen molar-refractivity contribution >= 4 is 12.0 Å². The lowest BCUT2D eigenvalue weighted by Gasteiger charge is -2.33. The highest BCUT2D eigenvalue weighted by Gasteiger charge is 2.24. The van der Waals surface area contributed by atoms with Crippen molar-refractivity contribution in [2.75, 3.05) is 13.2 Å². The van der Waals surface area contributed by atoms with Gasteiger partial charge in [0.2, 0.25) is 5.91 Å². The van der Waals surface area contributed by atoms with Gasteiger partial charge in [0.15, 0.2) is 0 Å². The van der Waals surface area contributed by atoms with Gasteiger partial charge in [-0.2, -0.15) is 0 Å². The first-order valence-electron chi connectivity index (χ1n) is 6.46. The van der Waals surface area contributed by atoms with E-state index in [9.17, 15) is 9.90 Å². The number of hydrogen-bond donors (Lipinski definition) is 1. The second-order valence-electron chi connectivity index (χ2n) is 4.61. The Hall–Kier alpha value is -1.61. The van der Waals surface area contributed by atoms with Crippen LogP contribution < -0.4 is 0 Å². The molecule has 0 spiro atoms. The number of aliphatic hydroxyl groups excluding tert-OH is 1. The summed E-state index contributed by atoms with van der Waals surface area (Å²) in [5.74, 6) is -0.00222. The SMILES string of the molecule is O=C(/C=C/c1ccccc1)N1CCCCC1CO. The summed E-state index contributed by atoms with van der Waals surface area (Å²) >= 11 is 0. The van der Waals surface area contributed by atoms with Crippen LogP contribution in [0.3, 0.4) is 0 Å². The monoisotopic (exact) mass is 245 g/mol. The van der Waals surface area contributed by atoms with Crippen molar-refractivity contribution in [1.82, 2.24) is 4.90 Å². The summed E-state index contributed by atoms with van der Waals surface area (Å²) in [5, 5.41) is 9.28. The summed E-state index contributed by atoms with van der Waals surface area (Å²) in [4.78, 5) is 13.8. The minimum Gasteiger partial charge on any atom is -0.394 e. The standard InChI is InChI=1S/C15H19NO2/c17-12-14-8-4-5-11-16(14)15(18)10-9-13-6-2-1-3-7-13/h1-3,6-7,9-10,14,17H,4-5,8,11-12H2/b10-9+. The van der Waals surface area contributed by atoms with Crippen LogP contribution in [0.2, 0.25) is 0 Å². The van der Waals surface area contributed by atoms with Crippen molar-refractivity contribution < 1.29 is 9.90 Å². The van der Waals surface area contributed by atoms with E-state index in [1.807, 2.05) is 36.4 Å². The minimum absolute atomic E-state index is 0.00222. The van der Waals surface area contributed by atoms with E-state index in [1.54, 1.807) is 11.0 Å². The number of carbonyl (C=O) groups is 1. The minimum atomic E-state index is -0.00771. The lowest BCUT2D eigenvalue weighted by Crippen LogP contribution is -2.44. The molecule has 1 amide bonds. The zero-order valence-electron chi connectivity index (χ0n) is 10.5. The normalized spacial score (nSPS) is 20.3. The van der Waals surface area contributed by atoms with Gasteiger partial charge in [-0.3, -0.25) is 4.79 Å². The Labute approximate surface area is 108 Å². The zero-order chi connectivity index (χ0) is 12.8. The topological polar surface area (TPSA) is 40.5 Å². The Bertz CT molecular complexity index is 414. The molecular weight excluding hydrogens is 226 g/mol. The van der Waals surface area contributed by atoms with Gasteiger partial charge < -0.3 is 10.0 Å². The number of nitrogens with zero attached hydrogens (tertiary/aromatic N) is 1. The van der Waals surface area contributed by atoms with E-state index < -0.39 is 0 Å². The molecule has 1 aromatic rings. The van der Waals surface area contributed by atoms with Gasteiger partial charge in [0.05, 0.1) is 12.6 Å². The number of amides is 1. The van der Waals surface area contributed by atoms with E-state index >= 15 is 0 Å². The van der Waals surface area contributed by atoms with Crippen molar-refractivity contribution in [3.63, 3.8) is 0 Å². The van der Waals surface area contributed by atoms with Crippen LogP contribution in [0, 0.1) is 0 Å². The number of hydrogen-bond acceptors (Lipinski definition) is 2. The molecular formula is C15H19NO2. The lowest BCUT2D eigenvalue weighted by atomic mass is 10.0. The lowest BCUT2D eigenvalue weighted by molar-refractivity contribution is -0.130. The number of piperidine rings is 1. The molecule has 1 unspecified atom stereocenters. The zero-order valence-corrected chi connectivity index (χ0v) is 10.5. The van der Waals surface area contributed by atoms with E-state index in [1.165, 1.54) is 0 Å². The molecule has 1 fully saturated rings. The number of likely N-dealkylation sites (tertiary alicyclic amines) is 1. The third kappa shape index (κ3) is 3.20. The smallest absolute Gasteiger partial charge is 0.246 e. The van der Waals surface area contributed by atoms with Gasteiger partial charge in [-0.25, -0.2) is 0 Å². The summed E-state index contributed by atoms with van der Waals surface area (Å²) in [7, 11) is 0. The molecule has 3 heteroatoms. The molecule has 1 atom stereocenters. The summed E-state index contributed by atoms with van der Waals surface area (Å²) in [6.45, 7) is 0.814. The second kappa shape index (κ2) is 6.36. The Balaban J connectivity index is 2.00. The number of benzene rings is 1. The average Bonchev–Trinajstić information content (AvgIpc) is 2.45. The first-order chi connectivity index (χ1) is 8.81. The highest BCUT2D eigenvalue weighted by atomic mass is 16.3. The van der Waals surface area contributed by atoms with E-state index in [2.05, 4.69) is 0 Å². The molecule has 18 heavy (non-hydrogen) atoms. The molecule has 1 saturated heterocycles. The molecule has 0 aliphatic carbocycles. The van der Waals surface area contributed by atoms with Gasteiger partial charge >= 0.3 is 0 Å². The molecule has 1 aromatic carbocycles.